The van der Waals surface area contributed by atoms with E-state index in [1.165, 1.54) is 19.3 Å². The highest BCUT2D eigenvalue weighted by atomic mass is 79.9. The summed E-state index contributed by atoms with van der Waals surface area (Å²) in [6, 6.07) is 4.52. The number of hydrogen-bond acceptors (Lipinski definition) is 3. The molecule has 1 aliphatic heterocycles. The summed E-state index contributed by atoms with van der Waals surface area (Å²) in [5.74, 6) is 0.0212. The van der Waals surface area contributed by atoms with Crippen LogP contribution in [0.25, 0.3) is 0 Å². The maximum absolute atomic E-state index is 11.9. The summed E-state index contributed by atoms with van der Waals surface area (Å²) in [4.78, 5) is 14.2. The zero-order valence-corrected chi connectivity index (χ0v) is 12.8. The normalized spacial score (nSPS) is 21.8. The van der Waals surface area contributed by atoms with Crippen LogP contribution in [0.4, 0.5) is 11.4 Å². The van der Waals surface area contributed by atoms with Gasteiger partial charge in [-0.3, -0.25) is 4.79 Å². The Morgan fingerprint density at radius 1 is 1.42 bits per heavy atom. The number of fused-ring (bicyclic) bond motifs is 1. The summed E-state index contributed by atoms with van der Waals surface area (Å²) in [5, 5.41) is 5.99. The number of carbonyl (C=O) groups is 1. The van der Waals surface area contributed by atoms with E-state index >= 15 is 0 Å². The number of hydrogen-bond donors (Lipinski definition) is 2. The van der Waals surface area contributed by atoms with Gasteiger partial charge in [-0.05, 0) is 54.4 Å². The van der Waals surface area contributed by atoms with Gasteiger partial charge in [-0.25, -0.2) is 0 Å². The number of anilines is 2. The van der Waals surface area contributed by atoms with E-state index in [1.807, 2.05) is 7.05 Å². The van der Waals surface area contributed by atoms with Crippen molar-refractivity contribution in [3.05, 3.63) is 22.2 Å². The summed E-state index contributed by atoms with van der Waals surface area (Å²) < 4.78 is 1.05. The molecule has 4 nitrogen and oxygen atoms in total. The molecule has 102 valence electrons. The fourth-order valence-corrected chi connectivity index (χ4v) is 3.44. The van der Waals surface area contributed by atoms with Crippen molar-refractivity contribution in [2.45, 2.75) is 31.3 Å². The van der Waals surface area contributed by atoms with Gasteiger partial charge in [-0.1, -0.05) is 0 Å². The van der Waals surface area contributed by atoms with E-state index in [9.17, 15) is 4.79 Å². The lowest BCUT2D eigenvalue weighted by molar-refractivity contribution is -0.117. The quantitative estimate of drug-likeness (QED) is 0.898. The molecular formula is C14H18BrN3O. The molecule has 1 unspecified atom stereocenters. The summed E-state index contributed by atoms with van der Waals surface area (Å²) in [5.41, 5.74) is 3.10. The summed E-state index contributed by atoms with van der Waals surface area (Å²) in [7, 11) is 3.93. The minimum absolute atomic E-state index is 0.0212. The molecule has 1 aliphatic carbocycles. The lowest BCUT2D eigenvalue weighted by atomic mass is 9.91. The second kappa shape index (κ2) is 4.80. The number of carbonyl (C=O) groups excluding carboxylic acids is 1. The number of likely N-dealkylation sites (N-methyl/N-ethyl adjacent to an activating group) is 1. The van der Waals surface area contributed by atoms with Crippen molar-refractivity contribution in [3.63, 3.8) is 0 Å². The van der Waals surface area contributed by atoms with Gasteiger partial charge in [-0.2, -0.15) is 0 Å². The number of rotatable bonds is 3. The molecule has 19 heavy (non-hydrogen) atoms. The van der Waals surface area contributed by atoms with E-state index in [1.54, 1.807) is 0 Å². The molecule has 1 saturated carbocycles. The van der Waals surface area contributed by atoms with Crippen molar-refractivity contribution in [3.8, 4) is 0 Å². The molecule has 1 amide bonds. The average molecular weight is 324 g/mol. The van der Waals surface area contributed by atoms with E-state index in [2.05, 4.69) is 50.6 Å². The Morgan fingerprint density at radius 3 is 2.74 bits per heavy atom. The van der Waals surface area contributed by atoms with Crippen LogP contribution in [0, 0.1) is 0 Å². The van der Waals surface area contributed by atoms with Crippen molar-refractivity contribution in [2.75, 3.05) is 24.3 Å². The molecule has 0 radical (unpaired) electrons. The molecule has 0 aromatic heterocycles. The van der Waals surface area contributed by atoms with Crippen LogP contribution in [0.5, 0.6) is 0 Å². The minimum atomic E-state index is -0.241. The van der Waals surface area contributed by atoms with E-state index in [4.69, 9.17) is 0 Å². The molecule has 1 heterocycles. The standard InChI is InChI=1S/C14H18BrN3O/c1-16-13-9-6-10(15)12(7-11(9)17-14(13)19)18(2)8-4-3-5-8/h6-8,13,16H,3-5H2,1-2H3,(H,17,19). The van der Waals surface area contributed by atoms with Crippen LogP contribution in [0.3, 0.4) is 0 Å². The third-order valence-corrected chi connectivity index (χ3v) is 4.88. The number of amides is 1. The maximum atomic E-state index is 11.9. The first-order valence-electron chi connectivity index (χ1n) is 6.66. The van der Waals surface area contributed by atoms with Crippen LogP contribution in [-0.2, 0) is 4.79 Å². The van der Waals surface area contributed by atoms with Crippen molar-refractivity contribution in [2.24, 2.45) is 0 Å². The molecular weight excluding hydrogens is 306 g/mol. The zero-order valence-electron chi connectivity index (χ0n) is 11.2. The summed E-state index contributed by atoms with van der Waals surface area (Å²) >= 11 is 3.64. The van der Waals surface area contributed by atoms with Crippen LogP contribution in [0.2, 0.25) is 0 Å². The number of halogens is 1. The van der Waals surface area contributed by atoms with Gasteiger partial charge in [0, 0.05) is 28.8 Å². The first kappa shape index (κ1) is 12.9. The monoisotopic (exact) mass is 323 g/mol. The molecule has 0 bridgehead atoms. The molecule has 2 aliphatic rings. The Bertz CT molecular complexity index is 528. The molecule has 1 fully saturated rings. The first-order chi connectivity index (χ1) is 9.11. The summed E-state index contributed by atoms with van der Waals surface area (Å²) in [6.45, 7) is 0. The minimum Gasteiger partial charge on any atom is -0.371 e. The van der Waals surface area contributed by atoms with Crippen LogP contribution >= 0.6 is 15.9 Å². The fourth-order valence-electron chi connectivity index (χ4n) is 2.80. The van der Waals surface area contributed by atoms with Gasteiger partial charge in [0.25, 0.3) is 0 Å². The molecule has 5 heteroatoms. The van der Waals surface area contributed by atoms with E-state index in [0.717, 1.165) is 21.4 Å². The summed E-state index contributed by atoms with van der Waals surface area (Å²) in [6.07, 6.45) is 3.83. The predicted octanol–water partition coefficient (Wildman–Crippen LogP) is 2.65. The van der Waals surface area contributed by atoms with Crippen molar-refractivity contribution < 1.29 is 4.79 Å². The predicted molar refractivity (Wildman–Crippen MR) is 80.6 cm³/mol. The lowest BCUT2D eigenvalue weighted by Gasteiger charge is -2.37. The Labute approximate surface area is 121 Å². The van der Waals surface area contributed by atoms with Crippen molar-refractivity contribution in [1.82, 2.24) is 5.32 Å². The van der Waals surface area contributed by atoms with Gasteiger partial charge in [0.05, 0.1) is 5.69 Å². The molecule has 3 rings (SSSR count). The highest BCUT2D eigenvalue weighted by Crippen LogP contribution is 2.40. The highest BCUT2D eigenvalue weighted by molar-refractivity contribution is 9.10. The van der Waals surface area contributed by atoms with Gasteiger partial charge >= 0.3 is 0 Å². The second-order valence-electron chi connectivity index (χ2n) is 5.30. The van der Waals surface area contributed by atoms with E-state index in [0.29, 0.717) is 6.04 Å². The van der Waals surface area contributed by atoms with Crippen LogP contribution < -0.4 is 15.5 Å². The largest absolute Gasteiger partial charge is 0.371 e. The second-order valence-corrected chi connectivity index (χ2v) is 6.15. The van der Waals surface area contributed by atoms with Gasteiger partial charge in [0.15, 0.2) is 0 Å². The lowest BCUT2D eigenvalue weighted by Crippen LogP contribution is -2.37. The molecule has 0 saturated heterocycles. The Morgan fingerprint density at radius 2 is 2.16 bits per heavy atom. The third kappa shape index (κ3) is 2.05. The van der Waals surface area contributed by atoms with Crippen molar-refractivity contribution in [1.29, 1.82) is 0 Å². The van der Waals surface area contributed by atoms with Crippen LogP contribution in [-0.4, -0.2) is 26.0 Å². The molecule has 1 aromatic carbocycles. The topological polar surface area (TPSA) is 44.4 Å². The Kier molecular flexibility index (Phi) is 3.27. The van der Waals surface area contributed by atoms with E-state index in [-0.39, 0.29) is 11.9 Å². The maximum Gasteiger partial charge on any atom is 0.246 e. The van der Waals surface area contributed by atoms with Gasteiger partial charge in [0.2, 0.25) is 5.91 Å². The number of nitrogens with zero attached hydrogens (tertiary/aromatic N) is 1. The Balaban J connectivity index is 1.96. The van der Waals surface area contributed by atoms with Gasteiger partial charge < -0.3 is 15.5 Å². The fraction of sp³-hybridized carbons (Fsp3) is 0.500. The van der Waals surface area contributed by atoms with Gasteiger partial charge in [-0.15, -0.1) is 0 Å². The number of benzene rings is 1. The SMILES string of the molecule is CNC1C(=O)Nc2cc(N(C)C3CCC3)c(Br)cc21. The first-order valence-corrected chi connectivity index (χ1v) is 7.45. The van der Waals surface area contributed by atoms with Crippen LogP contribution in [0.15, 0.2) is 16.6 Å². The molecule has 1 atom stereocenters. The van der Waals surface area contributed by atoms with Crippen LogP contribution in [0.1, 0.15) is 30.9 Å². The molecule has 2 N–H and O–H groups in total. The van der Waals surface area contributed by atoms with E-state index < -0.39 is 0 Å². The van der Waals surface area contributed by atoms with Crippen molar-refractivity contribution >= 4 is 33.2 Å². The molecule has 0 spiro atoms. The van der Waals surface area contributed by atoms with Gasteiger partial charge in [0.1, 0.15) is 6.04 Å². The smallest absolute Gasteiger partial charge is 0.246 e. The highest BCUT2D eigenvalue weighted by Gasteiger charge is 2.31. The third-order valence-electron chi connectivity index (χ3n) is 4.24. The number of nitrogens with one attached hydrogen (secondary N) is 2. The Hall–Kier alpha value is -1.07. The average Bonchev–Trinajstić information content (AvgIpc) is 2.60. The molecule has 1 aromatic rings. The zero-order chi connectivity index (χ0) is 13.6.